The molecule has 2 nitrogen and oxygen atoms in total. The Morgan fingerprint density at radius 2 is 1.53 bits per heavy atom. The van der Waals surface area contributed by atoms with E-state index in [-0.39, 0.29) is 5.91 Å². The van der Waals surface area contributed by atoms with Gasteiger partial charge in [-0.15, -0.1) is 0 Å². The first-order chi connectivity index (χ1) is 6.82. The average molecular weight is 213 g/mol. The summed E-state index contributed by atoms with van der Waals surface area (Å²) in [5.41, 5.74) is 0. The standard InChI is InChI=1S/C13H27NO/c1-9(2)7-12(11(5)6)14-13(15)8-10(3)4/h9-12H,7-8H2,1-6H3,(H,14,15)/t12-/m0/s1. The molecule has 0 saturated carbocycles. The van der Waals surface area contributed by atoms with E-state index in [4.69, 9.17) is 0 Å². The average Bonchev–Trinajstić information content (AvgIpc) is 1.99. The van der Waals surface area contributed by atoms with Gasteiger partial charge in [0.2, 0.25) is 5.91 Å². The van der Waals surface area contributed by atoms with E-state index < -0.39 is 0 Å². The molecule has 0 aromatic carbocycles. The van der Waals surface area contributed by atoms with Crippen LogP contribution in [0.25, 0.3) is 0 Å². The van der Waals surface area contributed by atoms with Crippen LogP contribution in [0.2, 0.25) is 0 Å². The maximum atomic E-state index is 11.6. The summed E-state index contributed by atoms with van der Waals surface area (Å²) < 4.78 is 0. The summed E-state index contributed by atoms with van der Waals surface area (Å²) in [4.78, 5) is 11.6. The summed E-state index contributed by atoms with van der Waals surface area (Å²) in [5.74, 6) is 1.79. The molecule has 0 aromatic heterocycles. The zero-order valence-electron chi connectivity index (χ0n) is 11.1. The van der Waals surface area contributed by atoms with Crippen molar-refractivity contribution < 1.29 is 4.79 Å². The maximum absolute atomic E-state index is 11.6. The molecule has 0 aromatic rings. The number of hydrogen-bond donors (Lipinski definition) is 1. The number of nitrogens with one attached hydrogen (secondary N) is 1. The van der Waals surface area contributed by atoms with E-state index in [1.807, 2.05) is 0 Å². The smallest absolute Gasteiger partial charge is 0.220 e. The summed E-state index contributed by atoms with van der Waals surface area (Å²) in [7, 11) is 0. The molecule has 2 heteroatoms. The number of hydrogen-bond acceptors (Lipinski definition) is 1. The molecular weight excluding hydrogens is 186 g/mol. The molecule has 90 valence electrons. The van der Waals surface area contributed by atoms with Crippen molar-refractivity contribution in [2.75, 3.05) is 0 Å². The van der Waals surface area contributed by atoms with E-state index in [1.165, 1.54) is 0 Å². The maximum Gasteiger partial charge on any atom is 0.220 e. The minimum atomic E-state index is 0.198. The Labute approximate surface area is 94.8 Å². The molecule has 0 heterocycles. The van der Waals surface area contributed by atoms with Gasteiger partial charge >= 0.3 is 0 Å². The van der Waals surface area contributed by atoms with Crippen molar-refractivity contribution in [2.24, 2.45) is 17.8 Å². The summed E-state index contributed by atoms with van der Waals surface area (Å²) in [6.45, 7) is 12.9. The molecule has 0 aliphatic heterocycles. The number of carbonyl (C=O) groups is 1. The highest BCUT2D eigenvalue weighted by Gasteiger charge is 2.17. The van der Waals surface area contributed by atoms with Crippen molar-refractivity contribution in [2.45, 2.75) is 60.4 Å². The van der Waals surface area contributed by atoms with Gasteiger partial charge in [0, 0.05) is 12.5 Å². The van der Waals surface area contributed by atoms with Crippen LogP contribution in [0, 0.1) is 17.8 Å². The Balaban J connectivity index is 4.10. The van der Waals surface area contributed by atoms with Gasteiger partial charge in [0.05, 0.1) is 0 Å². The molecule has 0 unspecified atom stereocenters. The van der Waals surface area contributed by atoms with Crippen molar-refractivity contribution in [1.82, 2.24) is 5.32 Å². The molecule has 0 bridgehead atoms. The predicted molar refractivity (Wildman–Crippen MR) is 65.7 cm³/mol. The highest BCUT2D eigenvalue weighted by molar-refractivity contribution is 5.76. The van der Waals surface area contributed by atoms with E-state index in [0.29, 0.717) is 30.2 Å². The summed E-state index contributed by atoms with van der Waals surface area (Å²) in [5, 5.41) is 3.14. The predicted octanol–water partition coefficient (Wildman–Crippen LogP) is 3.22. The molecule has 0 fully saturated rings. The van der Waals surface area contributed by atoms with Crippen LogP contribution < -0.4 is 5.32 Å². The third kappa shape index (κ3) is 7.40. The summed E-state index contributed by atoms with van der Waals surface area (Å²) in [6, 6.07) is 0.330. The van der Waals surface area contributed by atoms with E-state index in [9.17, 15) is 4.79 Å². The van der Waals surface area contributed by atoms with Crippen LogP contribution >= 0.6 is 0 Å². The minimum Gasteiger partial charge on any atom is -0.353 e. The van der Waals surface area contributed by atoms with E-state index >= 15 is 0 Å². The second-order valence-electron chi connectivity index (χ2n) is 5.65. The summed E-state index contributed by atoms with van der Waals surface area (Å²) >= 11 is 0. The lowest BCUT2D eigenvalue weighted by Crippen LogP contribution is -2.39. The van der Waals surface area contributed by atoms with Gasteiger partial charge in [-0.2, -0.15) is 0 Å². The Bertz CT molecular complexity index is 185. The fourth-order valence-electron chi connectivity index (χ4n) is 1.64. The van der Waals surface area contributed by atoms with Gasteiger partial charge in [-0.1, -0.05) is 41.5 Å². The Morgan fingerprint density at radius 3 is 1.87 bits per heavy atom. The third-order valence-electron chi connectivity index (χ3n) is 2.47. The van der Waals surface area contributed by atoms with Gasteiger partial charge in [-0.05, 0) is 24.2 Å². The molecule has 1 atom stereocenters. The Kier molecular flexibility index (Phi) is 6.62. The summed E-state index contributed by atoms with van der Waals surface area (Å²) in [6.07, 6.45) is 1.71. The molecule has 0 spiro atoms. The first-order valence-corrected chi connectivity index (χ1v) is 6.12. The largest absolute Gasteiger partial charge is 0.353 e. The molecular formula is C13H27NO. The Morgan fingerprint density at radius 1 is 1.00 bits per heavy atom. The van der Waals surface area contributed by atoms with Crippen molar-refractivity contribution in [3.8, 4) is 0 Å². The second kappa shape index (κ2) is 6.86. The van der Waals surface area contributed by atoms with Crippen LogP contribution in [-0.4, -0.2) is 11.9 Å². The molecule has 0 aliphatic carbocycles. The minimum absolute atomic E-state index is 0.198. The zero-order chi connectivity index (χ0) is 12.0. The quantitative estimate of drug-likeness (QED) is 0.721. The highest BCUT2D eigenvalue weighted by atomic mass is 16.1. The lowest BCUT2D eigenvalue weighted by atomic mass is 9.94. The van der Waals surface area contributed by atoms with Crippen LogP contribution in [0.4, 0.5) is 0 Å². The van der Waals surface area contributed by atoms with Gasteiger partial charge in [0.25, 0.3) is 0 Å². The van der Waals surface area contributed by atoms with Crippen LogP contribution in [0.1, 0.15) is 54.4 Å². The molecule has 0 aliphatic rings. The monoisotopic (exact) mass is 213 g/mol. The molecule has 15 heavy (non-hydrogen) atoms. The lowest BCUT2D eigenvalue weighted by Gasteiger charge is -2.24. The molecule has 1 amide bonds. The fraction of sp³-hybridized carbons (Fsp3) is 0.923. The SMILES string of the molecule is CC(C)CC(=O)N[C@@H](CC(C)C)C(C)C. The normalized spacial score (nSPS) is 13.7. The van der Waals surface area contributed by atoms with E-state index in [1.54, 1.807) is 0 Å². The van der Waals surface area contributed by atoms with E-state index in [2.05, 4.69) is 46.9 Å². The Hall–Kier alpha value is -0.530. The second-order valence-corrected chi connectivity index (χ2v) is 5.65. The lowest BCUT2D eigenvalue weighted by molar-refractivity contribution is -0.122. The van der Waals surface area contributed by atoms with Crippen LogP contribution in [-0.2, 0) is 4.79 Å². The van der Waals surface area contributed by atoms with Gasteiger partial charge in [0.1, 0.15) is 0 Å². The van der Waals surface area contributed by atoms with Crippen LogP contribution in [0.15, 0.2) is 0 Å². The van der Waals surface area contributed by atoms with Gasteiger partial charge in [0.15, 0.2) is 0 Å². The first kappa shape index (κ1) is 14.5. The van der Waals surface area contributed by atoms with E-state index in [0.717, 1.165) is 6.42 Å². The third-order valence-corrected chi connectivity index (χ3v) is 2.47. The number of amides is 1. The van der Waals surface area contributed by atoms with Crippen molar-refractivity contribution >= 4 is 5.91 Å². The van der Waals surface area contributed by atoms with Gasteiger partial charge < -0.3 is 5.32 Å². The molecule has 0 radical (unpaired) electrons. The molecule has 1 N–H and O–H groups in total. The van der Waals surface area contributed by atoms with Gasteiger partial charge in [-0.25, -0.2) is 0 Å². The van der Waals surface area contributed by atoms with Crippen molar-refractivity contribution in [3.05, 3.63) is 0 Å². The first-order valence-electron chi connectivity index (χ1n) is 6.12. The van der Waals surface area contributed by atoms with Gasteiger partial charge in [-0.3, -0.25) is 4.79 Å². The van der Waals surface area contributed by atoms with Crippen molar-refractivity contribution in [1.29, 1.82) is 0 Å². The zero-order valence-corrected chi connectivity index (χ0v) is 11.1. The molecule has 0 saturated heterocycles. The topological polar surface area (TPSA) is 29.1 Å². The number of carbonyl (C=O) groups excluding carboxylic acids is 1. The van der Waals surface area contributed by atoms with Crippen molar-refractivity contribution in [3.63, 3.8) is 0 Å². The molecule has 0 rings (SSSR count). The highest BCUT2D eigenvalue weighted by Crippen LogP contribution is 2.13. The van der Waals surface area contributed by atoms with Crippen LogP contribution in [0.3, 0.4) is 0 Å². The fourth-order valence-corrected chi connectivity index (χ4v) is 1.64. The van der Waals surface area contributed by atoms with Crippen LogP contribution in [0.5, 0.6) is 0 Å². The number of rotatable bonds is 6.